The van der Waals surface area contributed by atoms with Crippen LogP contribution in [0.3, 0.4) is 0 Å². The predicted octanol–water partition coefficient (Wildman–Crippen LogP) is 3.08. The second-order valence-electron chi connectivity index (χ2n) is 5.86. The third kappa shape index (κ3) is 3.54. The van der Waals surface area contributed by atoms with E-state index >= 15 is 0 Å². The monoisotopic (exact) mass is 331 g/mol. The van der Waals surface area contributed by atoms with Crippen molar-refractivity contribution in [2.75, 3.05) is 13.2 Å². The molecule has 1 aromatic carbocycles. The molecule has 5 nitrogen and oxygen atoms in total. The molecule has 1 atom stereocenters. The Balaban J connectivity index is 1.79. The predicted molar refractivity (Wildman–Crippen MR) is 91.4 cm³/mol. The van der Waals surface area contributed by atoms with Crippen molar-refractivity contribution < 1.29 is 9.53 Å². The molecule has 1 aliphatic heterocycles. The molecule has 6 heteroatoms. The summed E-state index contributed by atoms with van der Waals surface area (Å²) >= 11 is 5.32. The van der Waals surface area contributed by atoms with E-state index in [-0.39, 0.29) is 11.9 Å². The van der Waals surface area contributed by atoms with Crippen LogP contribution in [0.2, 0.25) is 0 Å². The number of aromatic nitrogens is 2. The van der Waals surface area contributed by atoms with Gasteiger partial charge in [-0.1, -0.05) is 18.2 Å². The topological polar surface area (TPSA) is 59.0 Å². The number of ether oxygens (including phenoxy) is 1. The lowest BCUT2D eigenvalue weighted by molar-refractivity contribution is 0.0537. The smallest absolute Gasteiger partial charge is 0.270 e. The average molecular weight is 331 g/mol. The minimum absolute atomic E-state index is 0.110. The van der Waals surface area contributed by atoms with Gasteiger partial charge in [0.15, 0.2) is 4.77 Å². The molecule has 1 saturated heterocycles. The van der Waals surface area contributed by atoms with Crippen LogP contribution in [-0.2, 0) is 4.74 Å². The molecule has 2 aromatic rings. The Morgan fingerprint density at radius 2 is 2.04 bits per heavy atom. The number of hydrogen-bond donors (Lipinski definition) is 2. The highest BCUT2D eigenvalue weighted by molar-refractivity contribution is 7.71. The van der Waals surface area contributed by atoms with Gasteiger partial charge >= 0.3 is 0 Å². The van der Waals surface area contributed by atoms with Crippen molar-refractivity contribution in [3.63, 3.8) is 0 Å². The number of nitrogens with one attached hydrogen (secondary N) is 2. The maximum Gasteiger partial charge on any atom is 0.270 e. The lowest BCUT2D eigenvalue weighted by atomic mass is 9.93. The van der Waals surface area contributed by atoms with Crippen LogP contribution in [0.4, 0.5) is 0 Å². The van der Waals surface area contributed by atoms with Crippen molar-refractivity contribution in [2.24, 2.45) is 5.92 Å². The highest BCUT2D eigenvalue weighted by atomic mass is 32.1. The number of para-hydroxylation sites is 1. The zero-order valence-corrected chi connectivity index (χ0v) is 13.9. The van der Waals surface area contributed by atoms with Crippen molar-refractivity contribution in [3.05, 3.63) is 47.0 Å². The minimum atomic E-state index is -0.111. The van der Waals surface area contributed by atoms with Crippen LogP contribution in [-0.4, -0.2) is 34.7 Å². The van der Waals surface area contributed by atoms with E-state index < -0.39 is 0 Å². The van der Waals surface area contributed by atoms with Gasteiger partial charge in [0.1, 0.15) is 5.69 Å². The third-order valence-electron chi connectivity index (χ3n) is 4.36. The first-order valence-corrected chi connectivity index (χ1v) is 8.32. The van der Waals surface area contributed by atoms with E-state index in [9.17, 15) is 4.79 Å². The molecule has 2 heterocycles. The van der Waals surface area contributed by atoms with Gasteiger partial charge in [0, 0.05) is 31.1 Å². The molecule has 2 N–H and O–H groups in total. The Morgan fingerprint density at radius 1 is 1.35 bits per heavy atom. The Morgan fingerprint density at radius 3 is 2.74 bits per heavy atom. The van der Waals surface area contributed by atoms with Crippen molar-refractivity contribution in [3.8, 4) is 5.69 Å². The Bertz CT molecular complexity index is 717. The average Bonchev–Trinajstić information content (AvgIpc) is 2.98. The molecule has 1 aromatic heterocycles. The first kappa shape index (κ1) is 16.0. The van der Waals surface area contributed by atoms with Crippen molar-refractivity contribution in [2.45, 2.75) is 25.8 Å². The van der Waals surface area contributed by atoms with Gasteiger partial charge < -0.3 is 15.0 Å². The van der Waals surface area contributed by atoms with E-state index in [0.29, 0.717) is 16.4 Å². The van der Waals surface area contributed by atoms with Crippen LogP contribution in [0.5, 0.6) is 0 Å². The number of nitrogens with zero attached hydrogens (tertiary/aromatic N) is 1. The summed E-state index contributed by atoms with van der Waals surface area (Å²) in [6, 6.07) is 9.77. The van der Waals surface area contributed by atoms with Gasteiger partial charge in [-0.25, -0.2) is 0 Å². The van der Waals surface area contributed by atoms with Gasteiger partial charge in [-0.15, -0.1) is 0 Å². The van der Waals surface area contributed by atoms with Gasteiger partial charge in [-0.3, -0.25) is 9.36 Å². The van der Waals surface area contributed by atoms with E-state index in [1.54, 1.807) is 10.8 Å². The Hall–Kier alpha value is -1.92. The van der Waals surface area contributed by atoms with Crippen LogP contribution in [0, 0.1) is 10.7 Å². The normalized spacial score (nSPS) is 16.9. The summed E-state index contributed by atoms with van der Waals surface area (Å²) in [5.41, 5.74) is 1.41. The molecule has 122 valence electrons. The number of carbonyl (C=O) groups excluding carboxylic acids is 1. The number of amides is 1. The number of H-pyrrole nitrogens is 1. The highest BCUT2D eigenvalue weighted by Gasteiger charge is 2.23. The first-order valence-electron chi connectivity index (χ1n) is 7.91. The number of hydrogen-bond acceptors (Lipinski definition) is 3. The molecule has 0 saturated carbocycles. The lowest BCUT2D eigenvalue weighted by Gasteiger charge is -2.28. The zero-order chi connectivity index (χ0) is 16.2. The Kier molecular flexibility index (Phi) is 4.93. The quantitative estimate of drug-likeness (QED) is 0.847. The number of carbonyl (C=O) groups is 1. The van der Waals surface area contributed by atoms with Crippen molar-refractivity contribution in [1.29, 1.82) is 0 Å². The summed E-state index contributed by atoms with van der Waals surface area (Å²) in [7, 11) is 0. The SMILES string of the molecule is CC(NC(=O)c1c[nH]c(=S)n1-c1ccccc1)C1CCOCC1. The van der Waals surface area contributed by atoms with Gasteiger partial charge in [0.25, 0.3) is 5.91 Å². The van der Waals surface area contributed by atoms with Crippen LogP contribution in [0.1, 0.15) is 30.3 Å². The molecule has 0 spiro atoms. The maximum atomic E-state index is 12.7. The fourth-order valence-electron chi connectivity index (χ4n) is 2.98. The second-order valence-corrected chi connectivity index (χ2v) is 6.25. The van der Waals surface area contributed by atoms with Crippen molar-refractivity contribution >= 4 is 18.1 Å². The molecular weight excluding hydrogens is 310 g/mol. The summed E-state index contributed by atoms with van der Waals surface area (Å²) in [6.45, 7) is 3.60. The summed E-state index contributed by atoms with van der Waals surface area (Å²) in [5.74, 6) is 0.347. The highest BCUT2D eigenvalue weighted by Crippen LogP contribution is 2.19. The summed E-state index contributed by atoms with van der Waals surface area (Å²) < 4.78 is 7.66. The first-order chi connectivity index (χ1) is 11.2. The lowest BCUT2D eigenvalue weighted by Crippen LogP contribution is -2.40. The molecular formula is C17H21N3O2S. The van der Waals surface area contributed by atoms with Gasteiger partial charge in [0.05, 0.1) is 0 Å². The second kappa shape index (κ2) is 7.10. The van der Waals surface area contributed by atoms with Crippen LogP contribution < -0.4 is 5.32 Å². The molecule has 1 fully saturated rings. The fourth-order valence-corrected chi connectivity index (χ4v) is 3.25. The molecule has 1 aliphatic rings. The van der Waals surface area contributed by atoms with Crippen LogP contribution in [0.25, 0.3) is 5.69 Å². The molecule has 0 aliphatic carbocycles. The fraction of sp³-hybridized carbons (Fsp3) is 0.412. The van der Waals surface area contributed by atoms with E-state index in [1.807, 2.05) is 30.3 Å². The van der Waals surface area contributed by atoms with E-state index in [0.717, 1.165) is 31.7 Å². The molecule has 23 heavy (non-hydrogen) atoms. The van der Waals surface area contributed by atoms with E-state index in [1.165, 1.54) is 0 Å². The van der Waals surface area contributed by atoms with Gasteiger partial charge in [-0.05, 0) is 50.0 Å². The number of aromatic amines is 1. The Labute approximate surface area is 140 Å². The largest absolute Gasteiger partial charge is 0.381 e. The van der Waals surface area contributed by atoms with Crippen LogP contribution >= 0.6 is 12.2 Å². The third-order valence-corrected chi connectivity index (χ3v) is 4.66. The molecule has 1 unspecified atom stereocenters. The van der Waals surface area contributed by atoms with Crippen molar-refractivity contribution in [1.82, 2.24) is 14.9 Å². The summed E-state index contributed by atoms with van der Waals surface area (Å²) in [6.07, 6.45) is 3.64. The minimum Gasteiger partial charge on any atom is -0.381 e. The number of imidazole rings is 1. The van der Waals surface area contributed by atoms with Gasteiger partial charge in [-0.2, -0.15) is 0 Å². The molecule has 1 amide bonds. The number of rotatable bonds is 4. The molecule has 0 radical (unpaired) electrons. The molecule has 3 rings (SSSR count). The standard InChI is InChI=1S/C17H21N3O2S/c1-12(13-7-9-22-10-8-13)19-16(21)15-11-18-17(23)20(15)14-5-3-2-4-6-14/h2-6,11-13H,7-10H2,1H3,(H,18,23)(H,19,21). The van der Waals surface area contributed by atoms with E-state index in [2.05, 4.69) is 17.2 Å². The van der Waals surface area contributed by atoms with Gasteiger partial charge in [0.2, 0.25) is 0 Å². The summed E-state index contributed by atoms with van der Waals surface area (Å²) in [4.78, 5) is 15.6. The van der Waals surface area contributed by atoms with Crippen LogP contribution in [0.15, 0.2) is 36.5 Å². The zero-order valence-electron chi connectivity index (χ0n) is 13.1. The maximum absolute atomic E-state index is 12.7. The number of benzene rings is 1. The molecule has 0 bridgehead atoms. The van der Waals surface area contributed by atoms with E-state index in [4.69, 9.17) is 17.0 Å². The summed E-state index contributed by atoms with van der Waals surface area (Å²) in [5, 5.41) is 3.11.